The quantitative estimate of drug-likeness (QED) is 0.814. The van der Waals surface area contributed by atoms with Gasteiger partial charge < -0.3 is 9.47 Å². The first kappa shape index (κ1) is 13.2. The maximum absolute atomic E-state index is 12.8. The second kappa shape index (κ2) is 5.31. The number of nitrogens with zero attached hydrogens (tertiary/aromatic N) is 2. The third-order valence-corrected chi connectivity index (χ3v) is 5.13. The topological polar surface area (TPSA) is 25.2 Å². The molecule has 0 bridgehead atoms. The average Bonchev–Trinajstić information content (AvgIpc) is 3.01. The van der Waals surface area contributed by atoms with Gasteiger partial charge in [-0.2, -0.15) is 0 Å². The second-order valence-electron chi connectivity index (χ2n) is 5.73. The largest absolute Gasteiger partial charge is 0.343 e. The standard InChI is InChI=1S/C15H21BrN2O/c1-2-17-10-12(16)9-14(17)15(19)18-8-7-11-5-3-4-6-13(11)18/h9-11,13H,2-8H2,1H3. The molecule has 2 atom stereocenters. The minimum atomic E-state index is 0.224. The van der Waals surface area contributed by atoms with Crippen LogP contribution in [0, 0.1) is 5.92 Å². The van der Waals surface area contributed by atoms with Crippen molar-refractivity contribution < 1.29 is 4.79 Å². The first-order valence-electron chi connectivity index (χ1n) is 7.37. The minimum absolute atomic E-state index is 0.224. The summed E-state index contributed by atoms with van der Waals surface area (Å²) in [5, 5.41) is 0. The van der Waals surface area contributed by atoms with Crippen molar-refractivity contribution in [3.05, 3.63) is 22.4 Å². The molecule has 1 aliphatic heterocycles. The van der Waals surface area contributed by atoms with Crippen LogP contribution in [0.25, 0.3) is 0 Å². The molecule has 1 aliphatic carbocycles. The number of likely N-dealkylation sites (tertiary alicyclic amines) is 1. The van der Waals surface area contributed by atoms with Crippen molar-refractivity contribution in [1.82, 2.24) is 9.47 Å². The van der Waals surface area contributed by atoms with Crippen LogP contribution >= 0.6 is 15.9 Å². The predicted molar refractivity (Wildman–Crippen MR) is 79.2 cm³/mol. The van der Waals surface area contributed by atoms with Gasteiger partial charge in [0.25, 0.3) is 5.91 Å². The van der Waals surface area contributed by atoms with E-state index >= 15 is 0 Å². The van der Waals surface area contributed by atoms with E-state index < -0.39 is 0 Å². The van der Waals surface area contributed by atoms with Crippen molar-refractivity contribution in [2.24, 2.45) is 5.92 Å². The van der Waals surface area contributed by atoms with Gasteiger partial charge in [0.05, 0.1) is 0 Å². The number of aryl methyl sites for hydroxylation is 1. The van der Waals surface area contributed by atoms with Crippen molar-refractivity contribution in [1.29, 1.82) is 0 Å². The SMILES string of the molecule is CCn1cc(Br)cc1C(=O)N1CCC2CCCCC21. The lowest BCUT2D eigenvalue weighted by Crippen LogP contribution is -2.40. The number of hydrogen-bond acceptors (Lipinski definition) is 1. The molecule has 0 spiro atoms. The Balaban J connectivity index is 1.83. The molecule has 0 radical (unpaired) electrons. The summed E-state index contributed by atoms with van der Waals surface area (Å²) in [6, 6.07) is 2.46. The molecular formula is C15H21BrN2O. The first-order valence-corrected chi connectivity index (χ1v) is 8.16. The summed E-state index contributed by atoms with van der Waals surface area (Å²) in [7, 11) is 0. The smallest absolute Gasteiger partial charge is 0.270 e. The molecule has 1 amide bonds. The van der Waals surface area contributed by atoms with Crippen LogP contribution in [0.5, 0.6) is 0 Å². The van der Waals surface area contributed by atoms with Crippen LogP contribution in [0.1, 0.15) is 49.5 Å². The molecule has 1 aromatic heterocycles. The highest BCUT2D eigenvalue weighted by molar-refractivity contribution is 9.10. The van der Waals surface area contributed by atoms with E-state index in [2.05, 4.69) is 27.8 Å². The normalized spacial score (nSPS) is 26.5. The number of aromatic nitrogens is 1. The van der Waals surface area contributed by atoms with E-state index in [1.807, 2.05) is 16.8 Å². The Hall–Kier alpha value is -0.770. The van der Waals surface area contributed by atoms with Crippen LogP contribution < -0.4 is 0 Å². The second-order valence-corrected chi connectivity index (χ2v) is 6.64. The molecule has 2 unspecified atom stereocenters. The van der Waals surface area contributed by atoms with E-state index in [1.165, 1.54) is 32.1 Å². The average molecular weight is 325 g/mol. The van der Waals surface area contributed by atoms with E-state index in [0.717, 1.165) is 29.2 Å². The number of halogens is 1. The highest BCUT2D eigenvalue weighted by Crippen LogP contribution is 2.37. The van der Waals surface area contributed by atoms with Gasteiger partial charge in [-0.1, -0.05) is 12.8 Å². The highest BCUT2D eigenvalue weighted by Gasteiger charge is 2.39. The van der Waals surface area contributed by atoms with Crippen LogP contribution in [0.2, 0.25) is 0 Å². The predicted octanol–water partition coefficient (Wildman–Crippen LogP) is 3.68. The zero-order valence-corrected chi connectivity index (χ0v) is 13.0. The van der Waals surface area contributed by atoms with Gasteiger partial charge in [0.15, 0.2) is 0 Å². The van der Waals surface area contributed by atoms with Crippen molar-refractivity contribution in [2.75, 3.05) is 6.54 Å². The highest BCUT2D eigenvalue weighted by atomic mass is 79.9. The third-order valence-electron chi connectivity index (χ3n) is 4.69. The van der Waals surface area contributed by atoms with Crippen molar-refractivity contribution in [3.8, 4) is 0 Å². The number of carbonyl (C=O) groups excluding carboxylic acids is 1. The molecule has 0 N–H and O–H groups in total. The first-order chi connectivity index (χ1) is 9.20. The molecule has 1 saturated heterocycles. The lowest BCUT2D eigenvalue weighted by molar-refractivity contribution is 0.0679. The molecule has 2 aliphatic rings. The Bertz CT molecular complexity index is 482. The molecule has 2 heterocycles. The number of amides is 1. The fraction of sp³-hybridized carbons (Fsp3) is 0.667. The minimum Gasteiger partial charge on any atom is -0.343 e. The summed E-state index contributed by atoms with van der Waals surface area (Å²) in [5.41, 5.74) is 0.834. The summed E-state index contributed by atoms with van der Waals surface area (Å²) in [5.74, 6) is 0.980. The van der Waals surface area contributed by atoms with Gasteiger partial charge >= 0.3 is 0 Å². The Labute approximate surface area is 123 Å². The van der Waals surface area contributed by atoms with Gasteiger partial charge in [0.1, 0.15) is 5.69 Å². The molecule has 3 nitrogen and oxygen atoms in total. The molecule has 4 heteroatoms. The van der Waals surface area contributed by atoms with Gasteiger partial charge in [-0.05, 0) is 54.1 Å². The fourth-order valence-electron chi connectivity index (χ4n) is 3.72. The molecule has 0 aromatic carbocycles. The van der Waals surface area contributed by atoms with Gasteiger partial charge in [-0.3, -0.25) is 4.79 Å². The Morgan fingerprint density at radius 3 is 2.95 bits per heavy atom. The summed E-state index contributed by atoms with van der Waals surface area (Å²) >= 11 is 3.48. The number of carbonyl (C=O) groups is 1. The summed E-state index contributed by atoms with van der Waals surface area (Å²) in [6.07, 6.45) is 8.34. The summed E-state index contributed by atoms with van der Waals surface area (Å²) in [6.45, 7) is 3.87. The molecular weight excluding hydrogens is 304 g/mol. The Morgan fingerprint density at radius 2 is 2.16 bits per heavy atom. The van der Waals surface area contributed by atoms with Crippen LogP contribution in [-0.4, -0.2) is 28.0 Å². The van der Waals surface area contributed by atoms with Crippen molar-refractivity contribution in [3.63, 3.8) is 0 Å². The lowest BCUT2D eigenvalue weighted by atomic mass is 9.85. The van der Waals surface area contributed by atoms with Crippen LogP contribution in [0.15, 0.2) is 16.7 Å². The molecule has 2 fully saturated rings. The van der Waals surface area contributed by atoms with Gasteiger partial charge in [0.2, 0.25) is 0 Å². The van der Waals surface area contributed by atoms with E-state index in [1.54, 1.807) is 0 Å². The van der Waals surface area contributed by atoms with Crippen molar-refractivity contribution >= 4 is 21.8 Å². The lowest BCUT2D eigenvalue weighted by Gasteiger charge is -2.31. The van der Waals surface area contributed by atoms with Crippen LogP contribution in [-0.2, 0) is 6.54 Å². The van der Waals surface area contributed by atoms with Gasteiger partial charge in [-0.25, -0.2) is 0 Å². The molecule has 3 rings (SSSR count). The van der Waals surface area contributed by atoms with Crippen LogP contribution in [0.4, 0.5) is 0 Å². The zero-order chi connectivity index (χ0) is 13.4. The van der Waals surface area contributed by atoms with E-state index in [0.29, 0.717) is 6.04 Å². The number of fused-ring (bicyclic) bond motifs is 1. The fourth-order valence-corrected chi connectivity index (χ4v) is 4.18. The third kappa shape index (κ3) is 2.35. The number of hydrogen-bond donors (Lipinski definition) is 0. The Kier molecular flexibility index (Phi) is 3.70. The van der Waals surface area contributed by atoms with E-state index in [4.69, 9.17) is 0 Å². The molecule has 1 saturated carbocycles. The van der Waals surface area contributed by atoms with Crippen LogP contribution in [0.3, 0.4) is 0 Å². The Morgan fingerprint density at radius 1 is 1.37 bits per heavy atom. The zero-order valence-electron chi connectivity index (χ0n) is 11.4. The maximum atomic E-state index is 12.8. The van der Waals surface area contributed by atoms with Crippen molar-refractivity contribution in [2.45, 2.75) is 51.6 Å². The van der Waals surface area contributed by atoms with E-state index in [-0.39, 0.29) is 5.91 Å². The van der Waals surface area contributed by atoms with Gasteiger partial charge in [0, 0.05) is 29.8 Å². The molecule has 104 valence electrons. The number of rotatable bonds is 2. The maximum Gasteiger partial charge on any atom is 0.270 e. The summed E-state index contributed by atoms with van der Waals surface area (Å²) in [4.78, 5) is 14.9. The molecule has 1 aromatic rings. The monoisotopic (exact) mass is 324 g/mol. The van der Waals surface area contributed by atoms with Gasteiger partial charge in [-0.15, -0.1) is 0 Å². The summed E-state index contributed by atoms with van der Waals surface area (Å²) < 4.78 is 3.04. The van der Waals surface area contributed by atoms with E-state index in [9.17, 15) is 4.79 Å². The molecule has 19 heavy (non-hydrogen) atoms.